The smallest absolute Gasteiger partial charge is 0.336 e. The van der Waals surface area contributed by atoms with Gasteiger partial charge in [0.1, 0.15) is 5.01 Å². The molecule has 3 unspecified atom stereocenters. The van der Waals surface area contributed by atoms with E-state index in [1.165, 1.54) is 25.6 Å². The van der Waals surface area contributed by atoms with E-state index in [2.05, 4.69) is 5.32 Å². The van der Waals surface area contributed by atoms with E-state index in [9.17, 15) is 9.59 Å². The molecule has 7 heteroatoms. The van der Waals surface area contributed by atoms with E-state index in [0.717, 1.165) is 22.4 Å². The Bertz CT molecular complexity index is 1250. The summed E-state index contributed by atoms with van der Waals surface area (Å²) < 4.78 is 10.4. The molecule has 0 saturated heterocycles. The Kier molecular flexibility index (Phi) is 6.57. The first-order valence-corrected chi connectivity index (χ1v) is 11.9. The fraction of sp³-hybridized carbons (Fsp3) is 0.296. The summed E-state index contributed by atoms with van der Waals surface area (Å²) >= 11 is 1.43. The van der Waals surface area contributed by atoms with Crippen molar-refractivity contribution in [2.24, 2.45) is 5.92 Å². The Balaban J connectivity index is 1.94. The van der Waals surface area contributed by atoms with Crippen LogP contribution >= 0.6 is 11.3 Å². The van der Waals surface area contributed by atoms with Gasteiger partial charge in [0.05, 0.1) is 42.9 Å². The third-order valence-electron chi connectivity index (χ3n) is 6.56. The molecular formula is C27H28N2O4S. The molecule has 6 nitrogen and oxygen atoms in total. The molecular weight excluding hydrogens is 448 g/mol. The van der Waals surface area contributed by atoms with Crippen LogP contribution in [0.15, 0.2) is 71.2 Å². The lowest BCUT2D eigenvalue weighted by molar-refractivity contribution is -0.150. The first-order valence-electron chi connectivity index (χ1n) is 11.0. The molecule has 1 aliphatic rings. The molecule has 0 aliphatic carbocycles. The van der Waals surface area contributed by atoms with Crippen molar-refractivity contribution in [3.05, 3.63) is 87.4 Å². The van der Waals surface area contributed by atoms with Gasteiger partial charge in [0, 0.05) is 16.6 Å². The number of benzene rings is 2. The second-order valence-electron chi connectivity index (χ2n) is 8.59. The fourth-order valence-corrected chi connectivity index (χ4v) is 5.84. The SMILES string of the molecule is COC(=O)C1=C(C)NC(C)(c2ccccc2)C(C(=O)OC)C1c1nc(-c2ccccc2C)cs1. The number of hydrogen-bond donors (Lipinski definition) is 1. The topological polar surface area (TPSA) is 77.5 Å². The number of carbonyl (C=O) groups excluding carboxylic acids is 2. The van der Waals surface area contributed by atoms with Crippen molar-refractivity contribution in [2.45, 2.75) is 32.2 Å². The number of aromatic nitrogens is 1. The van der Waals surface area contributed by atoms with E-state index in [1.807, 2.05) is 80.7 Å². The maximum absolute atomic E-state index is 13.4. The summed E-state index contributed by atoms with van der Waals surface area (Å²) in [5, 5.41) is 6.08. The maximum Gasteiger partial charge on any atom is 0.336 e. The zero-order valence-electron chi connectivity index (χ0n) is 19.9. The molecule has 0 saturated carbocycles. The van der Waals surface area contributed by atoms with E-state index in [4.69, 9.17) is 14.5 Å². The molecule has 0 amide bonds. The van der Waals surface area contributed by atoms with Crippen molar-refractivity contribution in [3.63, 3.8) is 0 Å². The highest BCUT2D eigenvalue weighted by Crippen LogP contribution is 2.49. The first kappa shape index (κ1) is 23.7. The zero-order valence-corrected chi connectivity index (χ0v) is 20.7. The second kappa shape index (κ2) is 9.43. The Hall–Kier alpha value is -3.45. The van der Waals surface area contributed by atoms with Crippen molar-refractivity contribution in [1.82, 2.24) is 10.3 Å². The van der Waals surface area contributed by atoms with Crippen LogP contribution in [-0.4, -0.2) is 31.1 Å². The minimum Gasteiger partial charge on any atom is -0.469 e. The van der Waals surface area contributed by atoms with Crippen LogP contribution in [0.3, 0.4) is 0 Å². The largest absolute Gasteiger partial charge is 0.469 e. The van der Waals surface area contributed by atoms with Gasteiger partial charge in [0.2, 0.25) is 0 Å². The van der Waals surface area contributed by atoms with Gasteiger partial charge in [0.25, 0.3) is 0 Å². The molecule has 0 radical (unpaired) electrons. The van der Waals surface area contributed by atoms with Crippen LogP contribution in [0.25, 0.3) is 11.3 Å². The molecule has 4 rings (SSSR count). The monoisotopic (exact) mass is 476 g/mol. The van der Waals surface area contributed by atoms with Gasteiger partial charge in [-0.2, -0.15) is 0 Å². The van der Waals surface area contributed by atoms with Crippen LogP contribution < -0.4 is 5.32 Å². The summed E-state index contributed by atoms with van der Waals surface area (Å²) in [6.07, 6.45) is 0. The number of nitrogens with one attached hydrogen (secondary N) is 1. The second-order valence-corrected chi connectivity index (χ2v) is 9.48. The number of carbonyl (C=O) groups is 2. The van der Waals surface area contributed by atoms with Crippen LogP contribution in [0.4, 0.5) is 0 Å². The highest BCUT2D eigenvalue weighted by Gasteiger charge is 2.54. The summed E-state index contributed by atoms with van der Waals surface area (Å²) in [7, 11) is 2.72. The van der Waals surface area contributed by atoms with Crippen molar-refractivity contribution in [2.75, 3.05) is 14.2 Å². The Morgan fingerprint density at radius 3 is 2.32 bits per heavy atom. The van der Waals surface area contributed by atoms with Crippen molar-refractivity contribution in [3.8, 4) is 11.3 Å². The van der Waals surface area contributed by atoms with Gasteiger partial charge in [-0.05, 0) is 31.9 Å². The number of aryl methyl sites for hydroxylation is 1. The number of ether oxygens (including phenoxy) is 2. The highest BCUT2D eigenvalue weighted by molar-refractivity contribution is 7.10. The number of esters is 2. The van der Waals surface area contributed by atoms with E-state index < -0.39 is 29.3 Å². The third kappa shape index (κ3) is 4.01. The van der Waals surface area contributed by atoms with Crippen molar-refractivity contribution >= 4 is 23.3 Å². The van der Waals surface area contributed by atoms with Gasteiger partial charge >= 0.3 is 11.9 Å². The first-order chi connectivity index (χ1) is 16.3. The maximum atomic E-state index is 13.4. The molecule has 1 aliphatic heterocycles. The number of thiazole rings is 1. The molecule has 2 aromatic carbocycles. The Morgan fingerprint density at radius 2 is 1.68 bits per heavy atom. The minimum atomic E-state index is -0.838. The highest BCUT2D eigenvalue weighted by atomic mass is 32.1. The third-order valence-corrected chi connectivity index (χ3v) is 7.49. The fourth-order valence-electron chi connectivity index (χ4n) is 4.87. The standard InChI is InChI=1S/C27H28N2O4S/c1-16-11-9-10-14-19(16)20-15-34-24(28-20)22-21(25(30)32-4)17(2)29-27(3,23(22)26(31)33-5)18-12-7-6-8-13-18/h6-15,22-23,29H,1-5H3. The van der Waals surface area contributed by atoms with Gasteiger partial charge in [-0.15, -0.1) is 11.3 Å². The number of nitrogens with zero attached hydrogens (tertiary/aromatic N) is 1. The van der Waals surface area contributed by atoms with E-state index in [-0.39, 0.29) is 0 Å². The number of hydrogen-bond acceptors (Lipinski definition) is 7. The van der Waals surface area contributed by atoms with Gasteiger partial charge in [0.15, 0.2) is 0 Å². The van der Waals surface area contributed by atoms with Crippen molar-refractivity contribution < 1.29 is 19.1 Å². The quantitative estimate of drug-likeness (QED) is 0.525. The summed E-state index contributed by atoms with van der Waals surface area (Å²) in [6, 6.07) is 17.7. The van der Waals surface area contributed by atoms with Gasteiger partial charge in [-0.3, -0.25) is 4.79 Å². The van der Waals surface area contributed by atoms with Crippen LogP contribution in [0.1, 0.15) is 35.9 Å². The predicted molar refractivity (Wildman–Crippen MR) is 132 cm³/mol. The molecule has 3 atom stereocenters. The molecule has 34 heavy (non-hydrogen) atoms. The molecule has 3 aromatic rings. The number of rotatable bonds is 5. The van der Waals surface area contributed by atoms with Gasteiger partial charge in [-0.1, -0.05) is 54.6 Å². The molecule has 2 heterocycles. The summed E-state index contributed by atoms with van der Waals surface area (Å²) in [4.78, 5) is 31.3. The molecule has 176 valence electrons. The Labute approximate surface area is 203 Å². The summed E-state index contributed by atoms with van der Waals surface area (Å²) in [5.41, 5.74) is 4.03. The summed E-state index contributed by atoms with van der Waals surface area (Å²) in [6.45, 7) is 5.83. The van der Waals surface area contributed by atoms with Crippen LogP contribution in [0.5, 0.6) is 0 Å². The average Bonchev–Trinajstić information content (AvgIpc) is 3.33. The molecule has 0 bridgehead atoms. The normalized spacial score (nSPS) is 22.1. The predicted octanol–water partition coefficient (Wildman–Crippen LogP) is 4.96. The molecule has 1 N–H and O–H groups in total. The lowest BCUT2D eigenvalue weighted by Gasteiger charge is -2.46. The average molecular weight is 477 g/mol. The molecule has 0 spiro atoms. The number of methoxy groups -OCH3 is 2. The van der Waals surface area contributed by atoms with Gasteiger partial charge in [-0.25, -0.2) is 9.78 Å². The van der Waals surface area contributed by atoms with Crippen LogP contribution in [-0.2, 0) is 24.6 Å². The van der Waals surface area contributed by atoms with E-state index in [1.54, 1.807) is 0 Å². The van der Waals surface area contributed by atoms with Crippen LogP contribution in [0.2, 0.25) is 0 Å². The minimum absolute atomic E-state index is 0.386. The molecule has 0 fully saturated rings. The lowest BCUT2D eigenvalue weighted by atomic mass is 9.67. The lowest BCUT2D eigenvalue weighted by Crippen LogP contribution is -2.55. The van der Waals surface area contributed by atoms with Crippen molar-refractivity contribution in [1.29, 1.82) is 0 Å². The van der Waals surface area contributed by atoms with Crippen LogP contribution in [0, 0.1) is 12.8 Å². The molecule has 1 aromatic heterocycles. The van der Waals surface area contributed by atoms with Gasteiger partial charge < -0.3 is 14.8 Å². The van der Waals surface area contributed by atoms with E-state index in [0.29, 0.717) is 16.3 Å². The zero-order chi connectivity index (χ0) is 24.5. The Morgan fingerprint density at radius 1 is 1.00 bits per heavy atom. The number of allylic oxidation sites excluding steroid dienone is 1. The summed E-state index contributed by atoms with van der Waals surface area (Å²) in [5.74, 6) is -2.32. The van der Waals surface area contributed by atoms with E-state index >= 15 is 0 Å².